The van der Waals surface area contributed by atoms with Crippen molar-refractivity contribution in [3.63, 3.8) is 0 Å². The molecule has 6 aromatic heterocycles. The Balaban J connectivity index is 0.000000145. The number of hydrogen-bond acceptors (Lipinski definition) is 16. The highest BCUT2D eigenvalue weighted by molar-refractivity contribution is 7.22. The number of ether oxygens (including phenoxy) is 1. The van der Waals surface area contributed by atoms with Crippen LogP contribution in [-0.2, 0) is 19.3 Å². The van der Waals surface area contributed by atoms with E-state index in [4.69, 9.17) is 21.9 Å². The molecule has 21 heteroatoms. The van der Waals surface area contributed by atoms with Gasteiger partial charge in [0.1, 0.15) is 34.9 Å². The van der Waals surface area contributed by atoms with Crippen molar-refractivity contribution in [1.29, 1.82) is 0 Å². The molecule has 3 fully saturated rings. The summed E-state index contributed by atoms with van der Waals surface area (Å²) < 4.78 is 35.1. The maximum absolute atomic E-state index is 14.6. The highest BCUT2D eigenvalue weighted by Gasteiger charge is 2.24. The van der Waals surface area contributed by atoms with Crippen LogP contribution in [0.25, 0.3) is 41.8 Å². The summed E-state index contributed by atoms with van der Waals surface area (Å²) in [6, 6.07) is 38.3. The van der Waals surface area contributed by atoms with Crippen LogP contribution in [0.5, 0.6) is 5.75 Å². The van der Waals surface area contributed by atoms with Crippen molar-refractivity contribution in [3.8, 4) is 16.9 Å². The molecule has 0 saturated carbocycles. The van der Waals surface area contributed by atoms with E-state index in [-0.39, 0.29) is 36.3 Å². The Bertz CT molecular complexity index is 4350. The molecule has 3 aliphatic heterocycles. The number of anilines is 6. The number of hydrogen-bond donors (Lipinski definition) is 6. The summed E-state index contributed by atoms with van der Waals surface area (Å²) in [5.41, 5.74) is 30.5. The Morgan fingerprint density at radius 2 is 0.916 bits per heavy atom. The van der Waals surface area contributed by atoms with E-state index in [0.29, 0.717) is 61.9 Å². The minimum absolute atomic E-state index is 0.135. The second kappa shape index (κ2) is 31.5. The van der Waals surface area contributed by atoms with E-state index in [1.54, 1.807) is 12.1 Å². The molecule has 0 atom stereocenters. The van der Waals surface area contributed by atoms with Crippen LogP contribution < -0.4 is 52.6 Å². The number of nitrogens with two attached hydrogens (primary N) is 3. The number of nitrogens with zero attached hydrogens (tertiary/aromatic N) is 6. The van der Waals surface area contributed by atoms with Gasteiger partial charge in [-0.1, -0.05) is 48.5 Å². The quantitative estimate of drug-likeness (QED) is 0.0471. The lowest BCUT2D eigenvalue weighted by Crippen LogP contribution is -2.30. The predicted molar refractivity (Wildman–Crippen MR) is 388 cm³/mol. The number of fused-ring (bicyclic) bond motifs is 3. The highest BCUT2D eigenvalue weighted by Crippen LogP contribution is 2.37. The standard InChI is InChI=1S/C28H30N4OS.C24H30N4O2S.C22H24F2N4OS/c1-19-10-13-23-25(29)26(34-28(23)31-19)27(33)30-15-14-21-11-12-22(32-16-6-3-7-17-32)18-24(21)20-8-4-2-5-9-20;1-3-30-20-15-17(8-10-19(20)28-13-5-4-6-14-28)11-12-26-23(29)22-21(25)18-9-7-16(2)27-24(18)31-22;1-13-5-7-15-19(25)20(30-22(15)27-13)21(29)26-10-9-14-6-8-16(18(24)17(14)23)28-11-3-2-4-12-28/h2,4-5,8-13,18H,3,6-7,14-17,29H2,1H3,(H,30,33);7-10,15H,3-6,11-14,25H2,1-2H3,(H,26,29);5-8H,2-4,9-12,25H2,1H3,(H,26,29). The van der Waals surface area contributed by atoms with Gasteiger partial charge in [0.15, 0.2) is 11.6 Å². The average molecular weight is 1340 g/mol. The van der Waals surface area contributed by atoms with Crippen LogP contribution in [0.15, 0.2) is 115 Å². The fraction of sp³-hybridized carbons (Fsp3) is 0.351. The van der Waals surface area contributed by atoms with Crippen molar-refractivity contribution in [3.05, 3.63) is 175 Å². The van der Waals surface area contributed by atoms with Gasteiger partial charge in [-0.05, 0) is 199 Å². The van der Waals surface area contributed by atoms with Crippen molar-refractivity contribution in [1.82, 2.24) is 30.9 Å². The number of aromatic nitrogens is 3. The maximum Gasteiger partial charge on any atom is 0.263 e. The highest BCUT2D eigenvalue weighted by atomic mass is 32.1. The average Bonchev–Trinajstić information content (AvgIpc) is 1.79. The molecule has 0 aliphatic carbocycles. The van der Waals surface area contributed by atoms with Crippen molar-refractivity contribution in [2.45, 2.75) is 105 Å². The number of benzene rings is 4. The number of aryl methyl sites for hydroxylation is 3. The SMILES string of the molecule is CCOc1cc(CCNC(=O)c2sc3nc(C)ccc3c2N)ccc1N1CCCCC1.Cc1ccc2c(N)c(C(=O)NCCc3ccc(N4CCCCC4)c(F)c3F)sc2n1.Cc1ccc2c(N)c(C(=O)NCCc3ccc(N4CCCCC4)cc3-c3ccccc3)sc2n1. The molecular weight excluding hydrogens is 1260 g/mol. The fourth-order valence-electron chi connectivity index (χ4n) is 12.5. The number of carbonyl (C=O) groups is 3. The fourth-order valence-corrected chi connectivity index (χ4v) is 15.7. The van der Waals surface area contributed by atoms with Crippen LogP contribution in [0, 0.1) is 32.4 Å². The first-order valence-electron chi connectivity index (χ1n) is 33.1. The third-order valence-corrected chi connectivity index (χ3v) is 21.0. The van der Waals surface area contributed by atoms with Crippen molar-refractivity contribution in [2.24, 2.45) is 0 Å². The molecule has 496 valence electrons. The number of rotatable bonds is 18. The lowest BCUT2D eigenvalue weighted by molar-refractivity contribution is 0.0950. The van der Waals surface area contributed by atoms with Gasteiger partial charge in [-0.15, -0.1) is 34.0 Å². The smallest absolute Gasteiger partial charge is 0.263 e. The van der Waals surface area contributed by atoms with Crippen LogP contribution in [0.3, 0.4) is 0 Å². The molecule has 13 rings (SSSR count). The molecule has 0 unspecified atom stereocenters. The number of pyridine rings is 3. The number of nitrogens with one attached hydrogen (secondary N) is 3. The van der Waals surface area contributed by atoms with E-state index >= 15 is 0 Å². The molecule has 0 radical (unpaired) electrons. The van der Waals surface area contributed by atoms with Gasteiger partial charge in [-0.25, -0.2) is 23.7 Å². The van der Waals surface area contributed by atoms with Crippen LogP contribution in [-0.4, -0.2) is 98.2 Å². The van der Waals surface area contributed by atoms with Crippen LogP contribution in [0.4, 0.5) is 42.9 Å². The van der Waals surface area contributed by atoms with E-state index in [0.717, 1.165) is 126 Å². The van der Waals surface area contributed by atoms with E-state index < -0.39 is 11.6 Å². The third-order valence-electron chi connectivity index (χ3n) is 17.6. The summed E-state index contributed by atoms with van der Waals surface area (Å²) in [6.07, 6.45) is 12.4. The first kappa shape index (κ1) is 67.5. The van der Waals surface area contributed by atoms with Gasteiger partial charge in [0.05, 0.1) is 35.0 Å². The van der Waals surface area contributed by atoms with Gasteiger partial charge in [-0.3, -0.25) is 14.4 Å². The summed E-state index contributed by atoms with van der Waals surface area (Å²) in [5, 5.41) is 11.3. The number of amides is 3. The molecule has 95 heavy (non-hydrogen) atoms. The molecule has 16 nitrogen and oxygen atoms in total. The Morgan fingerprint density at radius 1 is 0.484 bits per heavy atom. The molecule has 9 N–H and O–H groups in total. The first-order chi connectivity index (χ1) is 46.1. The summed E-state index contributed by atoms with van der Waals surface area (Å²) in [4.78, 5) is 62.1. The largest absolute Gasteiger partial charge is 0.492 e. The summed E-state index contributed by atoms with van der Waals surface area (Å²) in [5.74, 6) is -1.33. The molecule has 9 heterocycles. The normalized spacial score (nSPS) is 14.1. The second-order valence-corrected chi connectivity index (χ2v) is 27.4. The Morgan fingerprint density at radius 3 is 1.40 bits per heavy atom. The molecule has 0 bridgehead atoms. The topological polar surface area (TPSA) is 223 Å². The molecule has 3 amide bonds. The lowest BCUT2D eigenvalue weighted by Gasteiger charge is -2.30. The Kier molecular flexibility index (Phi) is 22.4. The van der Waals surface area contributed by atoms with Gasteiger partial charge in [-0.2, -0.15) is 0 Å². The predicted octanol–water partition coefficient (Wildman–Crippen LogP) is 14.8. The Labute approximate surface area is 566 Å². The summed E-state index contributed by atoms with van der Waals surface area (Å²) in [7, 11) is 0. The van der Waals surface area contributed by atoms with Gasteiger partial charge < -0.3 is 52.6 Å². The van der Waals surface area contributed by atoms with Crippen molar-refractivity contribution in [2.75, 3.05) is 97.4 Å². The van der Waals surface area contributed by atoms with Crippen molar-refractivity contribution >= 4 is 117 Å². The number of nitrogen functional groups attached to an aromatic ring is 3. The molecule has 4 aromatic carbocycles. The molecular formula is C74H84F2N12O4S3. The van der Waals surface area contributed by atoms with Crippen LogP contribution in [0.1, 0.15) is 127 Å². The zero-order valence-electron chi connectivity index (χ0n) is 54.6. The second-order valence-electron chi connectivity index (χ2n) is 24.4. The molecule has 3 aliphatic rings. The van der Waals surface area contributed by atoms with Gasteiger partial charge in [0.25, 0.3) is 17.7 Å². The minimum Gasteiger partial charge on any atom is -0.492 e. The number of piperidine rings is 3. The molecule has 10 aromatic rings. The lowest BCUT2D eigenvalue weighted by atomic mass is 9.96. The molecule has 0 spiro atoms. The van der Waals surface area contributed by atoms with Gasteiger partial charge in [0.2, 0.25) is 0 Å². The van der Waals surface area contributed by atoms with E-state index in [9.17, 15) is 23.2 Å². The summed E-state index contributed by atoms with van der Waals surface area (Å²) in [6.45, 7) is 15.6. The number of carbonyl (C=O) groups excluding carboxylic acids is 3. The monoisotopic (exact) mass is 1340 g/mol. The summed E-state index contributed by atoms with van der Waals surface area (Å²) >= 11 is 3.93. The minimum atomic E-state index is -0.839. The van der Waals surface area contributed by atoms with Crippen molar-refractivity contribution < 1.29 is 27.9 Å². The number of thiophene rings is 3. The van der Waals surface area contributed by atoms with E-state index in [2.05, 4.69) is 101 Å². The third kappa shape index (κ3) is 16.3. The maximum atomic E-state index is 14.6. The zero-order valence-corrected chi connectivity index (χ0v) is 57.0. The Hall–Kier alpha value is -8.92. The molecule has 3 saturated heterocycles. The van der Waals surface area contributed by atoms with Crippen LogP contribution in [0.2, 0.25) is 0 Å². The van der Waals surface area contributed by atoms with Gasteiger partial charge >= 0.3 is 0 Å². The first-order valence-corrected chi connectivity index (χ1v) is 35.5. The zero-order chi connectivity index (χ0) is 66.5. The van der Waals surface area contributed by atoms with Crippen LogP contribution >= 0.6 is 34.0 Å². The van der Waals surface area contributed by atoms with E-state index in [1.165, 1.54) is 101 Å². The van der Waals surface area contributed by atoms with E-state index in [1.807, 2.05) is 75.1 Å². The number of halogens is 2. The van der Waals surface area contributed by atoms with Gasteiger partial charge in [0, 0.05) is 97.8 Å².